The van der Waals surface area contributed by atoms with Gasteiger partial charge in [-0.15, -0.1) is 0 Å². The Morgan fingerprint density at radius 2 is 1.83 bits per heavy atom. The quantitative estimate of drug-likeness (QED) is 0.749. The number of aromatic nitrogens is 2. The summed E-state index contributed by atoms with van der Waals surface area (Å²) in [6, 6.07) is 17.3. The number of para-hydroxylation sites is 1. The molecule has 4 nitrogen and oxygen atoms in total. The minimum absolute atomic E-state index is 0.195. The highest BCUT2D eigenvalue weighted by molar-refractivity contribution is 6.33. The lowest BCUT2D eigenvalue weighted by Gasteiger charge is -2.09. The van der Waals surface area contributed by atoms with E-state index in [2.05, 4.69) is 10.4 Å². The number of anilines is 1. The largest absolute Gasteiger partial charge is 0.321 e. The summed E-state index contributed by atoms with van der Waals surface area (Å²) < 4.78 is 1.87. The molecule has 0 aliphatic heterocycles. The van der Waals surface area contributed by atoms with Gasteiger partial charge in [0, 0.05) is 0 Å². The van der Waals surface area contributed by atoms with E-state index >= 15 is 0 Å². The van der Waals surface area contributed by atoms with Crippen LogP contribution in [0.1, 0.15) is 28.5 Å². The summed E-state index contributed by atoms with van der Waals surface area (Å²) in [4.78, 5) is 12.6. The minimum atomic E-state index is -0.195. The normalized spacial score (nSPS) is 10.6. The fourth-order valence-electron chi connectivity index (χ4n) is 2.62. The van der Waals surface area contributed by atoms with Gasteiger partial charge in [-0.2, -0.15) is 5.10 Å². The maximum absolute atomic E-state index is 12.6. The third-order valence-corrected chi connectivity index (χ3v) is 4.16. The number of nitrogens with one attached hydrogen (secondary N) is 1. The highest BCUT2D eigenvalue weighted by Gasteiger charge is 2.17. The maximum Gasteiger partial charge on any atom is 0.259 e. The predicted octanol–water partition coefficient (Wildman–Crippen LogP) is 4.40. The first-order valence-electron chi connectivity index (χ1n) is 7.83. The van der Waals surface area contributed by atoms with E-state index in [9.17, 15) is 4.79 Å². The second-order valence-corrected chi connectivity index (χ2v) is 5.84. The Kier molecular flexibility index (Phi) is 4.96. The van der Waals surface area contributed by atoms with Gasteiger partial charge in [0.2, 0.25) is 0 Å². The summed E-state index contributed by atoms with van der Waals surface area (Å²) in [5.41, 5.74) is 3.23. The average Bonchev–Trinajstić information content (AvgIpc) is 3.00. The first-order valence-corrected chi connectivity index (χ1v) is 8.21. The molecule has 0 atom stereocenters. The molecule has 24 heavy (non-hydrogen) atoms. The van der Waals surface area contributed by atoms with Crippen LogP contribution in [0.15, 0.2) is 60.8 Å². The van der Waals surface area contributed by atoms with Gasteiger partial charge in [-0.05, 0) is 24.1 Å². The van der Waals surface area contributed by atoms with Gasteiger partial charge in [-0.1, -0.05) is 61.0 Å². The van der Waals surface area contributed by atoms with Gasteiger partial charge < -0.3 is 5.32 Å². The van der Waals surface area contributed by atoms with Crippen molar-refractivity contribution in [2.75, 3.05) is 5.32 Å². The van der Waals surface area contributed by atoms with Crippen LogP contribution in [-0.2, 0) is 13.0 Å². The Bertz CT molecular complexity index is 843. The van der Waals surface area contributed by atoms with Crippen molar-refractivity contribution in [3.63, 3.8) is 0 Å². The molecule has 1 N–H and O–H groups in total. The molecule has 1 aromatic heterocycles. The zero-order valence-electron chi connectivity index (χ0n) is 13.4. The van der Waals surface area contributed by atoms with Gasteiger partial charge in [0.05, 0.1) is 34.7 Å². The van der Waals surface area contributed by atoms with Gasteiger partial charge in [0.15, 0.2) is 0 Å². The van der Waals surface area contributed by atoms with Crippen LogP contribution in [0.5, 0.6) is 0 Å². The molecular weight excluding hydrogens is 322 g/mol. The molecule has 122 valence electrons. The van der Waals surface area contributed by atoms with Gasteiger partial charge in [0.1, 0.15) is 0 Å². The summed E-state index contributed by atoms with van der Waals surface area (Å²) in [5.74, 6) is -0.195. The van der Waals surface area contributed by atoms with Crippen LogP contribution in [0.3, 0.4) is 0 Å². The van der Waals surface area contributed by atoms with Crippen molar-refractivity contribution in [3.8, 4) is 0 Å². The average molecular weight is 340 g/mol. The molecule has 2 aromatic carbocycles. The molecule has 0 saturated heterocycles. The van der Waals surface area contributed by atoms with E-state index in [0.29, 0.717) is 22.8 Å². The monoisotopic (exact) mass is 339 g/mol. The van der Waals surface area contributed by atoms with Crippen LogP contribution in [0, 0.1) is 0 Å². The third-order valence-electron chi connectivity index (χ3n) is 3.83. The highest BCUT2D eigenvalue weighted by atomic mass is 35.5. The van der Waals surface area contributed by atoms with Crippen molar-refractivity contribution in [2.45, 2.75) is 19.9 Å². The molecule has 0 unspecified atom stereocenters. The Hall–Kier alpha value is -2.59. The van der Waals surface area contributed by atoms with Crippen molar-refractivity contribution in [2.24, 2.45) is 0 Å². The number of amides is 1. The van der Waals surface area contributed by atoms with E-state index in [1.54, 1.807) is 18.3 Å². The van der Waals surface area contributed by atoms with Gasteiger partial charge >= 0.3 is 0 Å². The molecule has 0 radical (unpaired) electrons. The van der Waals surface area contributed by atoms with Crippen LogP contribution in [0.25, 0.3) is 0 Å². The molecule has 0 saturated carbocycles. The number of rotatable bonds is 5. The smallest absolute Gasteiger partial charge is 0.259 e. The van der Waals surface area contributed by atoms with Gasteiger partial charge in [-0.3, -0.25) is 9.48 Å². The Balaban J connectivity index is 1.83. The van der Waals surface area contributed by atoms with Crippen molar-refractivity contribution in [1.29, 1.82) is 0 Å². The van der Waals surface area contributed by atoms with Crippen LogP contribution >= 0.6 is 11.6 Å². The lowest BCUT2D eigenvalue weighted by Crippen LogP contribution is -2.15. The number of benzene rings is 2. The van der Waals surface area contributed by atoms with Crippen LogP contribution in [0.2, 0.25) is 5.02 Å². The van der Waals surface area contributed by atoms with E-state index in [0.717, 1.165) is 17.7 Å². The van der Waals surface area contributed by atoms with Crippen molar-refractivity contribution < 1.29 is 4.79 Å². The number of carbonyl (C=O) groups excluding carboxylic acids is 1. The molecule has 0 fully saturated rings. The van der Waals surface area contributed by atoms with Gasteiger partial charge in [-0.25, -0.2) is 0 Å². The predicted molar refractivity (Wildman–Crippen MR) is 96.6 cm³/mol. The lowest BCUT2D eigenvalue weighted by molar-refractivity contribution is 0.102. The number of hydrogen-bond donors (Lipinski definition) is 1. The van der Waals surface area contributed by atoms with Crippen molar-refractivity contribution >= 4 is 23.2 Å². The Morgan fingerprint density at radius 1 is 1.12 bits per heavy atom. The minimum Gasteiger partial charge on any atom is -0.321 e. The first-order chi connectivity index (χ1) is 11.7. The molecule has 5 heteroatoms. The number of halogens is 1. The Morgan fingerprint density at radius 3 is 2.54 bits per heavy atom. The van der Waals surface area contributed by atoms with E-state index < -0.39 is 0 Å². The fraction of sp³-hybridized carbons (Fsp3) is 0.158. The van der Waals surface area contributed by atoms with Crippen LogP contribution < -0.4 is 5.32 Å². The summed E-state index contributed by atoms with van der Waals surface area (Å²) in [5, 5.41) is 7.76. The van der Waals surface area contributed by atoms with Crippen molar-refractivity contribution in [3.05, 3.63) is 82.6 Å². The number of carbonyl (C=O) groups is 1. The topological polar surface area (TPSA) is 46.9 Å². The van der Waals surface area contributed by atoms with Crippen LogP contribution in [-0.4, -0.2) is 15.7 Å². The molecule has 0 spiro atoms. The van der Waals surface area contributed by atoms with E-state index in [-0.39, 0.29) is 5.91 Å². The lowest BCUT2D eigenvalue weighted by atomic mass is 10.1. The molecule has 3 aromatic rings. The highest BCUT2D eigenvalue weighted by Crippen LogP contribution is 2.22. The van der Waals surface area contributed by atoms with Gasteiger partial charge in [0.25, 0.3) is 5.91 Å². The number of nitrogens with zero attached hydrogens (tertiary/aromatic N) is 2. The van der Waals surface area contributed by atoms with E-state index in [1.165, 1.54) is 0 Å². The maximum atomic E-state index is 12.6. The third kappa shape index (κ3) is 3.49. The zero-order chi connectivity index (χ0) is 16.9. The second kappa shape index (κ2) is 7.32. The van der Waals surface area contributed by atoms with E-state index in [4.69, 9.17) is 11.6 Å². The molecule has 0 aliphatic rings. The summed E-state index contributed by atoms with van der Waals surface area (Å²) >= 11 is 6.11. The standard InChI is InChI=1S/C19H18ClN3O/c1-2-18-15(19(24)22-17-11-7-6-10-16(17)20)12-21-23(18)13-14-8-4-3-5-9-14/h3-12H,2,13H2,1H3,(H,22,24). The first kappa shape index (κ1) is 16.3. The van der Waals surface area contributed by atoms with Crippen molar-refractivity contribution in [1.82, 2.24) is 9.78 Å². The molecule has 1 amide bonds. The Labute approximate surface area is 146 Å². The SMILES string of the molecule is CCc1c(C(=O)Nc2ccccc2Cl)cnn1Cc1ccccc1. The molecule has 3 rings (SSSR count). The summed E-state index contributed by atoms with van der Waals surface area (Å²) in [6.45, 7) is 2.66. The molecule has 0 aliphatic carbocycles. The number of hydrogen-bond acceptors (Lipinski definition) is 2. The second-order valence-electron chi connectivity index (χ2n) is 5.44. The fourth-order valence-corrected chi connectivity index (χ4v) is 2.80. The van der Waals surface area contributed by atoms with Crippen LogP contribution in [0.4, 0.5) is 5.69 Å². The summed E-state index contributed by atoms with van der Waals surface area (Å²) in [7, 11) is 0. The van der Waals surface area contributed by atoms with E-state index in [1.807, 2.05) is 54.1 Å². The molecular formula is C19H18ClN3O. The molecule has 0 bridgehead atoms. The molecule has 1 heterocycles. The zero-order valence-corrected chi connectivity index (χ0v) is 14.1. The summed E-state index contributed by atoms with van der Waals surface area (Å²) in [6.07, 6.45) is 2.34.